The van der Waals surface area contributed by atoms with E-state index in [0.29, 0.717) is 24.4 Å². The second-order valence-corrected chi connectivity index (χ2v) is 8.86. The molecule has 0 heterocycles. The summed E-state index contributed by atoms with van der Waals surface area (Å²) in [4.78, 5) is 4.76. The Kier molecular flexibility index (Phi) is 12.8. The molecule has 1 aromatic carbocycles. The standard InChI is InChI=1S/C21H35N3O2S.HI/c1-4-22-21(24-18-11-9-12-19(16-18)27(25)6-3)23-15-14-17-10-7-8-13-20(17)26-5-2;/h7-8,10,13,18-19H,4-6,9,11-12,14-16H2,1-3H3,(H2,22,23,24);1H. The van der Waals surface area contributed by atoms with Crippen LogP contribution in [0.2, 0.25) is 0 Å². The summed E-state index contributed by atoms with van der Waals surface area (Å²) in [6.45, 7) is 8.31. The molecular weight excluding hydrogens is 485 g/mol. The summed E-state index contributed by atoms with van der Waals surface area (Å²) in [5.74, 6) is 2.56. The highest BCUT2D eigenvalue weighted by Gasteiger charge is 2.26. The van der Waals surface area contributed by atoms with Crippen LogP contribution in [0.3, 0.4) is 0 Å². The van der Waals surface area contributed by atoms with Gasteiger partial charge in [0.2, 0.25) is 0 Å². The van der Waals surface area contributed by atoms with Crippen LogP contribution in [-0.4, -0.2) is 46.9 Å². The molecular formula is C21H36IN3O2S. The Bertz CT molecular complexity index is 627. The maximum absolute atomic E-state index is 12.2. The Morgan fingerprint density at radius 1 is 1.25 bits per heavy atom. The molecule has 5 nitrogen and oxygen atoms in total. The van der Waals surface area contributed by atoms with Crippen molar-refractivity contribution in [2.24, 2.45) is 4.99 Å². The highest BCUT2D eigenvalue weighted by molar-refractivity contribution is 14.0. The van der Waals surface area contributed by atoms with Crippen LogP contribution in [0, 0.1) is 0 Å². The minimum absolute atomic E-state index is 0. The third-order valence-corrected chi connectivity index (χ3v) is 6.63. The van der Waals surface area contributed by atoms with E-state index in [9.17, 15) is 4.21 Å². The topological polar surface area (TPSA) is 62.7 Å². The van der Waals surface area contributed by atoms with E-state index in [0.717, 1.165) is 56.1 Å². The lowest BCUT2D eigenvalue weighted by molar-refractivity contribution is 0.336. The Morgan fingerprint density at radius 2 is 2.04 bits per heavy atom. The molecule has 0 spiro atoms. The maximum Gasteiger partial charge on any atom is 0.191 e. The van der Waals surface area contributed by atoms with Crippen molar-refractivity contribution in [2.75, 3.05) is 25.4 Å². The van der Waals surface area contributed by atoms with Crippen LogP contribution < -0.4 is 15.4 Å². The Labute approximate surface area is 190 Å². The van der Waals surface area contributed by atoms with Gasteiger partial charge >= 0.3 is 0 Å². The minimum atomic E-state index is -0.702. The first-order valence-electron chi connectivity index (χ1n) is 10.3. The predicted octanol–water partition coefficient (Wildman–Crippen LogP) is 3.88. The summed E-state index contributed by atoms with van der Waals surface area (Å²) in [6.07, 6.45) is 5.16. The molecule has 3 atom stereocenters. The lowest BCUT2D eigenvalue weighted by Crippen LogP contribution is -2.46. The lowest BCUT2D eigenvalue weighted by Gasteiger charge is -2.30. The van der Waals surface area contributed by atoms with Crippen LogP contribution in [0.1, 0.15) is 52.0 Å². The van der Waals surface area contributed by atoms with E-state index in [2.05, 4.69) is 23.6 Å². The molecule has 1 aliphatic carbocycles. The molecule has 0 amide bonds. The zero-order chi connectivity index (χ0) is 19.5. The molecule has 0 aliphatic heterocycles. The minimum Gasteiger partial charge on any atom is -0.494 e. The van der Waals surface area contributed by atoms with Crippen molar-refractivity contribution in [3.63, 3.8) is 0 Å². The van der Waals surface area contributed by atoms with Gasteiger partial charge in [-0.1, -0.05) is 31.5 Å². The third-order valence-electron chi connectivity index (χ3n) is 4.89. The van der Waals surface area contributed by atoms with Crippen LogP contribution >= 0.6 is 24.0 Å². The van der Waals surface area contributed by atoms with Crippen LogP contribution in [0.15, 0.2) is 29.3 Å². The van der Waals surface area contributed by atoms with Gasteiger partial charge in [-0.25, -0.2) is 0 Å². The number of hydrogen-bond acceptors (Lipinski definition) is 3. The van der Waals surface area contributed by atoms with E-state index < -0.39 is 10.8 Å². The average molecular weight is 522 g/mol. The molecule has 0 bridgehead atoms. The first kappa shape index (κ1) is 25.2. The van der Waals surface area contributed by atoms with Gasteiger partial charge in [0.25, 0.3) is 0 Å². The summed E-state index contributed by atoms with van der Waals surface area (Å²) in [7, 11) is -0.702. The fraction of sp³-hybridized carbons (Fsp3) is 0.667. The quantitative estimate of drug-likeness (QED) is 0.294. The fourth-order valence-corrected chi connectivity index (χ4v) is 4.91. The Morgan fingerprint density at radius 3 is 2.75 bits per heavy atom. The van der Waals surface area contributed by atoms with Crippen molar-refractivity contribution in [1.82, 2.24) is 10.6 Å². The van der Waals surface area contributed by atoms with Crippen LogP contribution in [-0.2, 0) is 17.2 Å². The first-order chi connectivity index (χ1) is 13.2. The first-order valence-corrected chi connectivity index (χ1v) is 11.7. The van der Waals surface area contributed by atoms with E-state index in [1.807, 2.05) is 32.0 Å². The summed E-state index contributed by atoms with van der Waals surface area (Å²) in [6, 6.07) is 8.52. The molecule has 1 aliphatic rings. The van der Waals surface area contributed by atoms with E-state index in [1.54, 1.807) is 0 Å². The van der Waals surface area contributed by atoms with Gasteiger partial charge < -0.3 is 15.4 Å². The van der Waals surface area contributed by atoms with Crippen LogP contribution in [0.5, 0.6) is 5.75 Å². The number of rotatable bonds is 9. The number of ether oxygens (including phenoxy) is 1. The monoisotopic (exact) mass is 521 g/mol. The average Bonchev–Trinajstić information content (AvgIpc) is 2.69. The molecule has 1 aromatic rings. The number of para-hydroxylation sites is 1. The SMILES string of the molecule is CCNC(=NCCc1ccccc1OCC)NC1CCCC(S(=O)CC)C1.I. The predicted molar refractivity (Wildman–Crippen MR) is 131 cm³/mol. The largest absolute Gasteiger partial charge is 0.494 e. The van der Waals surface area contributed by atoms with E-state index >= 15 is 0 Å². The zero-order valence-electron chi connectivity index (χ0n) is 17.4. The highest BCUT2D eigenvalue weighted by Crippen LogP contribution is 2.23. The van der Waals surface area contributed by atoms with Gasteiger partial charge in [0, 0.05) is 40.9 Å². The number of aliphatic imine (C=N–C) groups is 1. The van der Waals surface area contributed by atoms with Crippen LogP contribution in [0.25, 0.3) is 0 Å². The fourth-order valence-electron chi connectivity index (χ4n) is 3.56. The Hall–Kier alpha value is -0.830. The van der Waals surface area contributed by atoms with Gasteiger partial charge in [-0.15, -0.1) is 24.0 Å². The van der Waals surface area contributed by atoms with Gasteiger partial charge in [0.05, 0.1) is 6.61 Å². The number of nitrogens with one attached hydrogen (secondary N) is 2. The lowest BCUT2D eigenvalue weighted by atomic mass is 9.95. The summed E-state index contributed by atoms with van der Waals surface area (Å²) in [5.41, 5.74) is 1.19. The summed E-state index contributed by atoms with van der Waals surface area (Å²) in [5, 5.41) is 7.23. The summed E-state index contributed by atoms with van der Waals surface area (Å²) < 4.78 is 17.9. The molecule has 0 aromatic heterocycles. The normalized spacial score (nSPS) is 20.8. The molecule has 2 rings (SSSR count). The van der Waals surface area contributed by atoms with Crippen molar-refractivity contribution in [3.05, 3.63) is 29.8 Å². The maximum atomic E-state index is 12.2. The zero-order valence-corrected chi connectivity index (χ0v) is 20.6. The van der Waals surface area contributed by atoms with Gasteiger partial charge in [-0.05, 0) is 51.2 Å². The van der Waals surface area contributed by atoms with Gasteiger partial charge in [-0.3, -0.25) is 9.20 Å². The van der Waals surface area contributed by atoms with Gasteiger partial charge in [0.1, 0.15) is 5.75 Å². The van der Waals surface area contributed by atoms with Crippen molar-refractivity contribution in [3.8, 4) is 5.75 Å². The third kappa shape index (κ3) is 8.27. The number of hydrogen-bond donors (Lipinski definition) is 2. The molecule has 3 unspecified atom stereocenters. The summed E-state index contributed by atoms with van der Waals surface area (Å²) >= 11 is 0. The van der Waals surface area contributed by atoms with E-state index in [4.69, 9.17) is 9.73 Å². The van der Waals surface area contributed by atoms with Crippen LogP contribution in [0.4, 0.5) is 0 Å². The molecule has 7 heteroatoms. The smallest absolute Gasteiger partial charge is 0.191 e. The molecule has 28 heavy (non-hydrogen) atoms. The second-order valence-electron chi connectivity index (χ2n) is 6.85. The molecule has 1 saturated carbocycles. The van der Waals surface area contributed by atoms with Gasteiger partial charge in [-0.2, -0.15) is 0 Å². The number of halogens is 1. The van der Waals surface area contributed by atoms with Crippen molar-refractivity contribution in [1.29, 1.82) is 0 Å². The Balaban J connectivity index is 0.00000392. The van der Waals surface area contributed by atoms with Gasteiger partial charge in [0.15, 0.2) is 5.96 Å². The molecule has 1 fully saturated rings. The highest BCUT2D eigenvalue weighted by atomic mass is 127. The van der Waals surface area contributed by atoms with Crippen molar-refractivity contribution < 1.29 is 8.95 Å². The van der Waals surface area contributed by atoms with E-state index in [-0.39, 0.29) is 24.0 Å². The molecule has 0 saturated heterocycles. The number of benzene rings is 1. The molecule has 160 valence electrons. The van der Waals surface area contributed by atoms with Crippen molar-refractivity contribution in [2.45, 2.75) is 64.2 Å². The number of guanidine groups is 1. The molecule has 2 N–H and O–H groups in total. The second kappa shape index (κ2) is 14.2. The van der Waals surface area contributed by atoms with E-state index in [1.165, 1.54) is 5.56 Å². The van der Waals surface area contributed by atoms with Crippen molar-refractivity contribution >= 4 is 40.7 Å². The molecule has 0 radical (unpaired) electrons. The number of nitrogens with zero attached hydrogens (tertiary/aromatic N) is 1.